The molecule has 0 radical (unpaired) electrons. The van der Waals surface area contributed by atoms with E-state index in [4.69, 9.17) is 5.73 Å². The Morgan fingerprint density at radius 2 is 2.06 bits per heavy atom. The van der Waals surface area contributed by atoms with Gasteiger partial charge in [-0.25, -0.2) is 0 Å². The number of fused-ring (bicyclic) bond motifs is 1. The molecule has 1 amide bonds. The van der Waals surface area contributed by atoms with E-state index in [1.165, 1.54) is 5.56 Å². The molecule has 1 unspecified atom stereocenters. The quantitative estimate of drug-likeness (QED) is 0.806. The highest BCUT2D eigenvalue weighted by Crippen LogP contribution is 2.31. The van der Waals surface area contributed by atoms with Gasteiger partial charge < -0.3 is 10.6 Å². The molecular formula is C14H20N2O. The average molecular weight is 232 g/mol. The highest BCUT2D eigenvalue weighted by atomic mass is 16.2. The SMILES string of the molecule is CC1CCc2ccccc2N1C(=O)C(C)(C)N. The first-order valence-electron chi connectivity index (χ1n) is 6.11. The lowest BCUT2D eigenvalue weighted by Gasteiger charge is -2.38. The first kappa shape index (κ1) is 12.1. The zero-order valence-electron chi connectivity index (χ0n) is 10.7. The second-order valence-corrected chi connectivity index (χ2v) is 5.41. The molecule has 1 aromatic rings. The number of benzene rings is 1. The first-order valence-corrected chi connectivity index (χ1v) is 6.11. The van der Waals surface area contributed by atoms with Crippen molar-refractivity contribution in [3.63, 3.8) is 0 Å². The molecule has 0 saturated heterocycles. The van der Waals surface area contributed by atoms with Crippen molar-refractivity contribution in [2.45, 2.75) is 45.2 Å². The Kier molecular flexibility index (Phi) is 2.96. The molecule has 0 aromatic heterocycles. The number of hydrogen-bond acceptors (Lipinski definition) is 2. The summed E-state index contributed by atoms with van der Waals surface area (Å²) in [5, 5.41) is 0. The van der Waals surface area contributed by atoms with E-state index in [1.54, 1.807) is 13.8 Å². The van der Waals surface area contributed by atoms with Crippen molar-refractivity contribution in [2.75, 3.05) is 4.90 Å². The highest BCUT2D eigenvalue weighted by Gasteiger charge is 2.34. The monoisotopic (exact) mass is 232 g/mol. The van der Waals surface area contributed by atoms with Crippen molar-refractivity contribution in [1.29, 1.82) is 0 Å². The van der Waals surface area contributed by atoms with Gasteiger partial charge in [0.2, 0.25) is 5.91 Å². The lowest BCUT2D eigenvalue weighted by Crippen LogP contribution is -2.55. The lowest BCUT2D eigenvalue weighted by atomic mass is 9.94. The Morgan fingerprint density at radius 1 is 1.41 bits per heavy atom. The standard InChI is InChI=1S/C14H20N2O/c1-10-8-9-11-6-4-5-7-12(11)16(10)13(17)14(2,3)15/h4-7,10H,8-9,15H2,1-3H3. The van der Waals surface area contributed by atoms with Crippen LogP contribution in [-0.2, 0) is 11.2 Å². The van der Waals surface area contributed by atoms with Crippen LogP contribution in [0.4, 0.5) is 5.69 Å². The molecule has 1 aromatic carbocycles. The van der Waals surface area contributed by atoms with E-state index >= 15 is 0 Å². The molecule has 3 heteroatoms. The summed E-state index contributed by atoms with van der Waals surface area (Å²) in [6, 6.07) is 8.31. The summed E-state index contributed by atoms with van der Waals surface area (Å²) in [5.41, 5.74) is 7.38. The number of nitrogens with two attached hydrogens (primary N) is 1. The maximum Gasteiger partial charge on any atom is 0.246 e. The largest absolute Gasteiger partial charge is 0.318 e. The first-order chi connectivity index (χ1) is 7.91. The highest BCUT2D eigenvalue weighted by molar-refractivity contribution is 6.00. The Hall–Kier alpha value is -1.35. The van der Waals surface area contributed by atoms with Gasteiger partial charge in [0.1, 0.15) is 0 Å². The van der Waals surface area contributed by atoms with Gasteiger partial charge in [0.15, 0.2) is 0 Å². The number of aryl methyl sites for hydroxylation is 1. The zero-order chi connectivity index (χ0) is 12.6. The van der Waals surface area contributed by atoms with Crippen molar-refractivity contribution >= 4 is 11.6 Å². The minimum absolute atomic E-state index is 0.00264. The van der Waals surface area contributed by atoms with Crippen LogP contribution in [0.3, 0.4) is 0 Å². The van der Waals surface area contributed by atoms with Crippen LogP contribution in [0.2, 0.25) is 0 Å². The van der Waals surface area contributed by atoms with Gasteiger partial charge in [0, 0.05) is 11.7 Å². The summed E-state index contributed by atoms with van der Waals surface area (Å²) >= 11 is 0. The molecule has 1 atom stereocenters. The van der Waals surface area contributed by atoms with Crippen LogP contribution in [0.5, 0.6) is 0 Å². The molecule has 0 bridgehead atoms. The maximum atomic E-state index is 12.4. The van der Waals surface area contributed by atoms with Crippen LogP contribution in [0, 0.1) is 0 Å². The molecule has 2 rings (SSSR count). The van der Waals surface area contributed by atoms with Crippen molar-refractivity contribution in [3.8, 4) is 0 Å². The Bertz CT molecular complexity index is 434. The predicted octanol–water partition coefficient (Wildman–Crippen LogP) is 2.09. The molecule has 2 N–H and O–H groups in total. The van der Waals surface area contributed by atoms with Crippen LogP contribution in [0.25, 0.3) is 0 Å². The Labute approximate surface area is 103 Å². The molecule has 0 saturated carbocycles. The fraction of sp³-hybridized carbons (Fsp3) is 0.500. The molecule has 17 heavy (non-hydrogen) atoms. The number of rotatable bonds is 1. The summed E-state index contributed by atoms with van der Waals surface area (Å²) in [7, 11) is 0. The van der Waals surface area contributed by atoms with Crippen LogP contribution in [-0.4, -0.2) is 17.5 Å². The fourth-order valence-electron chi connectivity index (χ4n) is 2.31. The van der Waals surface area contributed by atoms with Crippen molar-refractivity contribution < 1.29 is 4.79 Å². The smallest absolute Gasteiger partial charge is 0.246 e. The second-order valence-electron chi connectivity index (χ2n) is 5.41. The van der Waals surface area contributed by atoms with E-state index in [1.807, 2.05) is 23.1 Å². The topological polar surface area (TPSA) is 46.3 Å². The van der Waals surface area contributed by atoms with E-state index in [0.29, 0.717) is 0 Å². The number of hydrogen-bond donors (Lipinski definition) is 1. The van der Waals surface area contributed by atoms with Crippen molar-refractivity contribution in [3.05, 3.63) is 29.8 Å². The van der Waals surface area contributed by atoms with Gasteiger partial charge in [-0.3, -0.25) is 4.79 Å². The van der Waals surface area contributed by atoms with Gasteiger partial charge in [-0.1, -0.05) is 18.2 Å². The maximum absolute atomic E-state index is 12.4. The van der Waals surface area contributed by atoms with Crippen LogP contribution >= 0.6 is 0 Å². The van der Waals surface area contributed by atoms with Crippen LogP contribution in [0.15, 0.2) is 24.3 Å². The number of carbonyl (C=O) groups excluding carboxylic acids is 1. The second kappa shape index (κ2) is 4.15. The van der Waals surface area contributed by atoms with Gasteiger partial charge in [-0.15, -0.1) is 0 Å². The minimum Gasteiger partial charge on any atom is -0.318 e. The zero-order valence-corrected chi connectivity index (χ0v) is 10.7. The van der Waals surface area contributed by atoms with E-state index in [0.717, 1.165) is 18.5 Å². The van der Waals surface area contributed by atoms with Crippen LogP contribution < -0.4 is 10.6 Å². The molecule has 0 spiro atoms. The molecule has 0 aliphatic carbocycles. The predicted molar refractivity (Wildman–Crippen MR) is 70.0 cm³/mol. The molecule has 92 valence electrons. The lowest BCUT2D eigenvalue weighted by molar-refractivity contribution is -0.123. The van der Waals surface area contributed by atoms with E-state index in [2.05, 4.69) is 13.0 Å². The number of carbonyl (C=O) groups is 1. The van der Waals surface area contributed by atoms with Gasteiger partial charge >= 0.3 is 0 Å². The van der Waals surface area contributed by atoms with E-state index in [-0.39, 0.29) is 11.9 Å². The van der Waals surface area contributed by atoms with Crippen molar-refractivity contribution in [2.24, 2.45) is 5.73 Å². The van der Waals surface area contributed by atoms with Gasteiger partial charge in [-0.05, 0) is 45.2 Å². The third-order valence-electron chi connectivity index (χ3n) is 3.29. The van der Waals surface area contributed by atoms with Gasteiger partial charge in [0.25, 0.3) is 0 Å². The van der Waals surface area contributed by atoms with Gasteiger partial charge in [-0.2, -0.15) is 0 Å². The Morgan fingerprint density at radius 3 is 2.71 bits per heavy atom. The summed E-state index contributed by atoms with van der Waals surface area (Å²) in [5.74, 6) is -0.00264. The third-order valence-corrected chi connectivity index (χ3v) is 3.29. The molecule has 0 fully saturated rings. The number of nitrogens with zero attached hydrogens (tertiary/aromatic N) is 1. The number of anilines is 1. The minimum atomic E-state index is -0.821. The molecule has 1 aliphatic heterocycles. The molecule has 1 heterocycles. The summed E-state index contributed by atoms with van der Waals surface area (Å²) in [6.45, 7) is 5.61. The van der Waals surface area contributed by atoms with E-state index in [9.17, 15) is 4.79 Å². The number of para-hydroxylation sites is 1. The average Bonchev–Trinajstić information content (AvgIpc) is 2.27. The number of amides is 1. The van der Waals surface area contributed by atoms with Crippen LogP contribution in [0.1, 0.15) is 32.8 Å². The molecular weight excluding hydrogens is 212 g/mol. The Balaban J connectivity index is 2.43. The molecule has 1 aliphatic rings. The third kappa shape index (κ3) is 2.20. The van der Waals surface area contributed by atoms with Gasteiger partial charge in [0.05, 0.1) is 5.54 Å². The fourth-order valence-corrected chi connectivity index (χ4v) is 2.31. The summed E-state index contributed by atoms with van der Waals surface area (Å²) in [4.78, 5) is 14.3. The normalized spacial score (nSPS) is 20.0. The summed E-state index contributed by atoms with van der Waals surface area (Å²) in [6.07, 6.45) is 2.03. The summed E-state index contributed by atoms with van der Waals surface area (Å²) < 4.78 is 0. The molecule has 3 nitrogen and oxygen atoms in total. The van der Waals surface area contributed by atoms with Crippen molar-refractivity contribution in [1.82, 2.24) is 0 Å². The van der Waals surface area contributed by atoms with E-state index < -0.39 is 5.54 Å².